The standard InChI is InChI=1S/C10H8N2.2C6H16O6P2/c1-5-11-6-2-9(1)10-3-7-12-8-4-10;2*7-13(8,9)5-3-1-2-4-6-14(10,11)12/h1-8H;2*1-6H2,(H2,7,8,9)(H2,10,11,12). The Labute approximate surface area is 234 Å². The summed E-state index contributed by atoms with van der Waals surface area (Å²) in [4.78, 5) is 77.2. The predicted molar refractivity (Wildman–Crippen MR) is 145 cm³/mol. The second-order valence-electron chi connectivity index (χ2n) is 8.90. The van der Waals surface area contributed by atoms with Gasteiger partial charge in [-0.3, -0.25) is 9.13 Å². The van der Waals surface area contributed by atoms with Crippen LogP contribution in [-0.4, -0.2) is 54.0 Å². The molecular formula is C22H40N2O12P4. The monoisotopic (exact) mass is 648 g/mol. The number of rotatable bonds is 15. The number of nitrogens with one attached hydrogen (secondary N) is 2. The second-order valence-corrected chi connectivity index (χ2v) is 15.9. The summed E-state index contributed by atoms with van der Waals surface area (Å²) in [7, 11) is -16.1. The maximum absolute atomic E-state index is 10.4. The number of pyridine rings is 2. The molecule has 0 bridgehead atoms. The van der Waals surface area contributed by atoms with E-state index in [1.165, 1.54) is 11.1 Å². The molecule has 2 unspecified atom stereocenters. The highest BCUT2D eigenvalue weighted by Crippen LogP contribution is 2.37. The van der Waals surface area contributed by atoms with E-state index in [0.717, 1.165) is 0 Å². The summed E-state index contributed by atoms with van der Waals surface area (Å²) in [5.74, 6) is 0. The minimum Gasteiger partial charge on any atom is -0.779 e. The van der Waals surface area contributed by atoms with Gasteiger partial charge < -0.3 is 48.3 Å². The lowest BCUT2D eigenvalue weighted by atomic mass is 10.1. The molecule has 2 atom stereocenters. The van der Waals surface area contributed by atoms with Gasteiger partial charge in [0.05, 0.1) is 0 Å². The van der Waals surface area contributed by atoms with Crippen LogP contribution in [0.3, 0.4) is 0 Å². The van der Waals surface area contributed by atoms with Gasteiger partial charge in [0.15, 0.2) is 24.8 Å². The first-order valence-corrected chi connectivity index (χ1v) is 19.6. The molecular weight excluding hydrogens is 608 g/mol. The summed E-state index contributed by atoms with van der Waals surface area (Å²) in [6, 6.07) is 8.20. The van der Waals surface area contributed by atoms with Crippen molar-refractivity contribution in [3.8, 4) is 11.1 Å². The predicted octanol–water partition coefficient (Wildman–Crippen LogP) is 1.52. The molecule has 0 aliphatic carbocycles. The Morgan fingerprint density at radius 1 is 0.475 bits per heavy atom. The first-order valence-electron chi connectivity index (χ1n) is 12.5. The van der Waals surface area contributed by atoms with Crippen LogP contribution in [0.5, 0.6) is 0 Å². The maximum Gasteiger partial charge on any atom is 0.325 e. The summed E-state index contributed by atoms with van der Waals surface area (Å²) in [5, 5.41) is 0. The Morgan fingerprint density at radius 3 is 0.950 bits per heavy atom. The smallest absolute Gasteiger partial charge is 0.325 e. The Morgan fingerprint density at radius 2 is 0.725 bits per heavy atom. The van der Waals surface area contributed by atoms with Crippen LogP contribution in [0.4, 0.5) is 0 Å². The van der Waals surface area contributed by atoms with Crippen molar-refractivity contribution in [1.29, 1.82) is 0 Å². The van der Waals surface area contributed by atoms with Gasteiger partial charge in [-0.1, -0.05) is 25.7 Å². The molecule has 0 fully saturated rings. The first kappa shape index (κ1) is 38.9. The van der Waals surface area contributed by atoms with E-state index >= 15 is 0 Å². The van der Waals surface area contributed by atoms with E-state index in [0.29, 0.717) is 51.4 Å². The molecule has 0 radical (unpaired) electrons. The van der Waals surface area contributed by atoms with Gasteiger partial charge >= 0.3 is 15.2 Å². The molecule has 2 rings (SSSR count). The van der Waals surface area contributed by atoms with Gasteiger partial charge in [-0.25, -0.2) is 9.97 Å². The molecule has 18 heteroatoms. The fourth-order valence-electron chi connectivity index (χ4n) is 3.12. The van der Waals surface area contributed by atoms with E-state index < -0.39 is 30.4 Å². The molecule has 0 aliphatic heterocycles. The van der Waals surface area contributed by atoms with Crippen molar-refractivity contribution in [3.63, 3.8) is 0 Å². The molecule has 0 saturated carbocycles. The van der Waals surface area contributed by atoms with Crippen molar-refractivity contribution in [2.24, 2.45) is 0 Å². The van der Waals surface area contributed by atoms with E-state index in [1.54, 1.807) is 0 Å². The third-order valence-electron chi connectivity index (χ3n) is 5.05. The second kappa shape index (κ2) is 19.9. The molecule has 0 amide bonds. The molecule has 2 aromatic heterocycles. The van der Waals surface area contributed by atoms with Crippen LogP contribution in [-0.2, 0) is 18.3 Å². The SMILES string of the molecule is O=P([O-])(O)CCCCCCP(=O)(O)O.O=P([O-])(O)CCCCCCP(=O)(O)O.c1cc(-c2cc[nH+]cc2)cc[nH+]1. The summed E-state index contributed by atoms with van der Waals surface area (Å²) in [6.45, 7) is 0. The molecule has 40 heavy (non-hydrogen) atoms. The lowest BCUT2D eigenvalue weighted by Gasteiger charge is -2.14. The van der Waals surface area contributed by atoms with Crippen LogP contribution in [0, 0.1) is 0 Å². The minimum atomic E-state index is -4.15. The third kappa shape index (κ3) is 28.4. The van der Waals surface area contributed by atoms with Crippen LogP contribution < -0.4 is 19.8 Å². The fourth-order valence-corrected chi connectivity index (χ4v) is 5.64. The van der Waals surface area contributed by atoms with Crippen LogP contribution in [0.1, 0.15) is 51.4 Å². The van der Waals surface area contributed by atoms with Gasteiger partial charge in [0, 0.05) is 48.9 Å². The van der Waals surface area contributed by atoms with Crippen LogP contribution in [0.15, 0.2) is 49.1 Å². The van der Waals surface area contributed by atoms with Gasteiger partial charge in [-0.15, -0.1) is 0 Å². The average Bonchev–Trinajstić information content (AvgIpc) is 2.83. The van der Waals surface area contributed by atoms with E-state index in [2.05, 4.69) is 34.2 Å². The Balaban J connectivity index is 0.000000571. The topological polar surface area (TPSA) is 264 Å². The highest BCUT2D eigenvalue weighted by molar-refractivity contribution is 7.52. The quantitative estimate of drug-likeness (QED) is 0.119. The molecule has 0 aliphatic rings. The molecule has 230 valence electrons. The highest BCUT2D eigenvalue weighted by Gasteiger charge is 2.12. The van der Waals surface area contributed by atoms with Crippen LogP contribution in [0.25, 0.3) is 11.1 Å². The zero-order valence-electron chi connectivity index (χ0n) is 22.0. The van der Waals surface area contributed by atoms with Gasteiger partial charge in [-0.2, -0.15) is 0 Å². The molecule has 2 heterocycles. The van der Waals surface area contributed by atoms with Crippen molar-refractivity contribution in [1.82, 2.24) is 0 Å². The van der Waals surface area contributed by atoms with E-state index in [-0.39, 0.29) is 24.6 Å². The Bertz CT molecular complexity index is 976. The zero-order chi connectivity index (χ0) is 30.7. The number of hydrogen-bond donors (Lipinski definition) is 6. The van der Waals surface area contributed by atoms with E-state index in [1.807, 2.05) is 24.8 Å². The van der Waals surface area contributed by atoms with Crippen molar-refractivity contribution in [3.05, 3.63) is 49.1 Å². The van der Waals surface area contributed by atoms with Gasteiger partial charge in [0.1, 0.15) is 15.2 Å². The van der Waals surface area contributed by atoms with Gasteiger partial charge in [0.2, 0.25) is 0 Å². The van der Waals surface area contributed by atoms with Gasteiger partial charge in [-0.05, 0) is 36.8 Å². The summed E-state index contributed by atoms with van der Waals surface area (Å²) >= 11 is 0. The molecule has 0 aromatic carbocycles. The molecule has 0 spiro atoms. The normalized spacial score (nSPS) is 14.5. The van der Waals surface area contributed by atoms with E-state index in [9.17, 15) is 28.0 Å². The Kier molecular flexibility index (Phi) is 19.4. The van der Waals surface area contributed by atoms with Crippen LogP contribution in [0.2, 0.25) is 0 Å². The maximum atomic E-state index is 10.4. The lowest BCUT2D eigenvalue weighted by Crippen LogP contribution is -2.03. The van der Waals surface area contributed by atoms with Crippen molar-refractivity contribution in [2.45, 2.75) is 51.4 Å². The van der Waals surface area contributed by atoms with Crippen molar-refractivity contribution in [2.75, 3.05) is 24.6 Å². The number of H-pyrrole nitrogens is 2. The van der Waals surface area contributed by atoms with Gasteiger partial charge in [0.25, 0.3) is 0 Å². The molecule has 2 aromatic rings. The summed E-state index contributed by atoms with van der Waals surface area (Å²) in [5.41, 5.74) is 2.45. The number of aromatic amines is 2. The zero-order valence-corrected chi connectivity index (χ0v) is 25.6. The number of hydrogen-bond acceptors (Lipinski definition) is 6. The minimum absolute atomic E-state index is 0.166. The summed E-state index contributed by atoms with van der Waals surface area (Å²) in [6.07, 6.45) is 10.5. The average molecular weight is 648 g/mol. The largest absolute Gasteiger partial charge is 0.779 e. The van der Waals surface area contributed by atoms with E-state index in [4.69, 9.17) is 29.4 Å². The number of aromatic nitrogens is 2. The third-order valence-corrected chi connectivity index (χ3v) is 8.61. The lowest BCUT2D eigenvalue weighted by molar-refractivity contribution is -0.378. The highest BCUT2D eigenvalue weighted by atomic mass is 31.2. The summed E-state index contributed by atoms with van der Waals surface area (Å²) < 4.78 is 41.3. The molecule has 14 nitrogen and oxygen atoms in total. The molecule has 0 saturated heterocycles. The fraction of sp³-hybridized carbons (Fsp3) is 0.545. The van der Waals surface area contributed by atoms with Crippen LogP contribution >= 0.6 is 30.4 Å². The Hall–Kier alpha value is -1.10. The van der Waals surface area contributed by atoms with Crippen molar-refractivity contribution < 1.29 is 67.4 Å². The first-order chi connectivity index (χ1) is 18.4. The molecule has 8 N–H and O–H groups in total. The van der Waals surface area contributed by atoms with Crippen molar-refractivity contribution >= 4 is 30.4 Å². The number of unbranched alkanes of at least 4 members (excludes halogenated alkanes) is 6.